The van der Waals surface area contributed by atoms with Crippen LogP contribution in [-0.4, -0.2) is 0 Å². The first kappa shape index (κ1) is 24.2. The minimum absolute atomic E-state index is 0.854. The van der Waals surface area contributed by atoms with E-state index in [1.807, 2.05) is 12.1 Å². The van der Waals surface area contributed by atoms with Crippen LogP contribution in [0.15, 0.2) is 164 Å². The molecular weight excluding hydrogens is 510 g/mol. The number of para-hydroxylation sites is 3. The van der Waals surface area contributed by atoms with Crippen LogP contribution in [0.4, 0.5) is 17.1 Å². The maximum atomic E-state index is 6.63. The van der Waals surface area contributed by atoms with E-state index in [1.54, 1.807) is 0 Å². The average molecular weight is 538 g/mol. The third-order valence-corrected chi connectivity index (χ3v) is 8.05. The predicted octanol–water partition coefficient (Wildman–Crippen LogP) is 11.4. The minimum atomic E-state index is 0.854. The summed E-state index contributed by atoms with van der Waals surface area (Å²) in [5, 5.41) is 2.39. The molecule has 0 spiro atoms. The zero-order chi connectivity index (χ0) is 27.9. The molecule has 0 aromatic heterocycles. The Kier molecular flexibility index (Phi) is 5.82. The largest absolute Gasteiger partial charge is 0.456 e. The summed E-state index contributed by atoms with van der Waals surface area (Å²) in [6.45, 7) is 0. The fraction of sp³-hybridized carbons (Fsp3) is 0. The van der Waals surface area contributed by atoms with Gasteiger partial charge in [-0.15, -0.1) is 0 Å². The van der Waals surface area contributed by atoms with Crippen molar-refractivity contribution in [3.05, 3.63) is 164 Å². The van der Waals surface area contributed by atoms with E-state index in [2.05, 4.69) is 157 Å². The first-order chi connectivity index (χ1) is 20.8. The van der Waals surface area contributed by atoms with Crippen LogP contribution < -0.4 is 9.64 Å². The molecule has 2 nitrogen and oxygen atoms in total. The highest BCUT2D eigenvalue weighted by molar-refractivity contribution is 6.12. The molecule has 198 valence electrons. The molecule has 1 aliphatic rings. The molecule has 0 N–H and O–H groups in total. The predicted molar refractivity (Wildman–Crippen MR) is 175 cm³/mol. The van der Waals surface area contributed by atoms with Crippen molar-refractivity contribution in [2.75, 3.05) is 4.90 Å². The van der Waals surface area contributed by atoms with Crippen molar-refractivity contribution < 1.29 is 4.74 Å². The van der Waals surface area contributed by atoms with E-state index in [0.29, 0.717) is 0 Å². The Morgan fingerprint density at radius 1 is 0.405 bits per heavy atom. The highest BCUT2D eigenvalue weighted by atomic mass is 16.5. The summed E-state index contributed by atoms with van der Waals surface area (Å²) in [5.74, 6) is 1.72. The number of ether oxygens (including phenoxy) is 1. The Balaban J connectivity index is 1.46. The van der Waals surface area contributed by atoms with Gasteiger partial charge in [-0.1, -0.05) is 121 Å². The molecule has 0 amide bonds. The van der Waals surface area contributed by atoms with Crippen LogP contribution in [-0.2, 0) is 0 Å². The number of hydrogen-bond donors (Lipinski definition) is 0. The monoisotopic (exact) mass is 537 g/mol. The highest BCUT2D eigenvalue weighted by Gasteiger charge is 2.28. The first-order valence-electron chi connectivity index (χ1n) is 14.3. The lowest BCUT2D eigenvalue weighted by molar-refractivity contribution is 0.488. The van der Waals surface area contributed by atoms with Crippen molar-refractivity contribution in [2.45, 2.75) is 0 Å². The summed E-state index contributed by atoms with van der Waals surface area (Å²) >= 11 is 0. The SMILES string of the molecule is c1ccc(-c2ccc(N(c3ccccc3)c3cc4ccccc4c4c3-c3ccccc3Oc3ccccc3-4)cc2)cc1. The van der Waals surface area contributed by atoms with E-state index in [4.69, 9.17) is 4.74 Å². The van der Waals surface area contributed by atoms with Crippen molar-refractivity contribution in [2.24, 2.45) is 0 Å². The van der Waals surface area contributed by atoms with Crippen molar-refractivity contribution in [3.63, 3.8) is 0 Å². The molecule has 0 saturated heterocycles. The number of rotatable bonds is 4. The van der Waals surface area contributed by atoms with Crippen molar-refractivity contribution >= 4 is 27.8 Å². The van der Waals surface area contributed by atoms with Gasteiger partial charge in [0.2, 0.25) is 0 Å². The van der Waals surface area contributed by atoms with E-state index >= 15 is 0 Å². The molecule has 0 saturated carbocycles. The van der Waals surface area contributed by atoms with Gasteiger partial charge in [-0.2, -0.15) is 0 Å². The van der Waals surface area contributed by atoms with Crippen molar-refractivity contribution in [1.29, 1.82) is 0 Å². The van der Waals surface area contributed by atoms with Crippen LogP contribution in [0.1, 0.15) is 0 Å². The van der Waals surface area contributed by atoms with E-state index in [0.717, 1.165) is 45.3 Å². The molecule has 1 heterocycles. The average Bonchev–Trinajstić information content (AvgIpc) is 3.21. The van der Waals surface area contributed by atoms with Gasteiger partial charge in [0.15, 0.2) is 0 Å². The van der Waals surface area contributed by atoms with E-state index in [1.165, 1.54) is 27.5 Å². The summed E-state index contributed by atoms with van der Waals surface area (Å²) in [5.41, 5.74) is 10.2. The Hall–Kier alpha value is -5.60. The van der Waals surface area contributed by atoms with Gasteiger partial charge in [-0.05, 0) is 64.4 Å². The molecule has 42 heavy (non-hydrogen) atoms. The van der Waals surface area contributed by atoms with Crippen LogP contribution in [0.2, 0.25) is 0 Å². The van der Waals surface area contributed by atoms with Crippen molar-refractivity contribution in [1.82, 2.24) is 0 Å². The molecule has 0 unspecified atom stereocenters. The summed E-state index contributed by atoms with van der Waals surface area (Å²) in [7, 11) is 0. The fourth-order valence-electron chi connectivity index (χ4n) is 6.14. The number of anilines is 3. The summed E-state index contributed by atoms with van der Waals surface area (Å²) in [6, 6.07) is 57.9. The Labute approximate surface area is 245 Å². The number of benzene rings is 7. The zero-order valence-electron chi connectivity index (χ0n) is 22.9. The molecule has 0 atom stereocenters. The number of nitrogens with zero attached hydrogens (tertiary/aromatic N) is 1. The molecule has 0 bridgehead atoms. The maximum Gasteiger partial charge on any atom is 0.135 e. The third-order valence-electron chi connectivity index (χ3n) is 8.05. The molecule has 8 rings (SSSR count). The molecular formula is C40H27NO. The lowest BCUT2D eigenvalue weighted by atomic mass is 9.87. The molecule has 0 aliphatic carbocycles. The van der Waals surface area contributed by atoms with Crippen LogP contribution in [0.25, 0.3) is 44.2 Å². The Bertz CT molecular complexity index is 2050. The fourth-order valence-corrected chi connectivity index (χ4v) is 6.14. The molecule has 7 aromatic carbocycles. The van der Waals surface area contributed by atoms with Gasteiger partial charge in [0, 0.05) is 33.6 Å². The lowest BCUT2D eigenvalue weighted by Crippen LogP contribution is -2.12. The van der Waals surface area contributed by atoms with Gasteiger partial charge in [0.05, 0.1) is 5.69 Å². The summed E-state index contributed by atoms with van der Waals surface area (Å²) in [4.78, 5) is 2.38. The third kappa shape index (κ3) is 4.05. The van der Waals surface area contributed by atoms with E-state index < -0.39 is 0 Å². The molecule has 0 fully saturated rings. The van der Waals surface area contributed by atoms with Gasteiger partial charge >= 0.3 is 0 Å². The second-order valence-electron chi connectivity index (χ2n) is 10.5. The zero-order valence-corrected chi connectivity index (χ0v) is 22.9. The molecule has 0 radical (unpaired) electrons. The van der Waals surface area contributed by atoms with Crippen LogP contribution >= 0.6 is 0 Å². The first-order valence-corrected chi connectivity index (χ1v) is 14.3. The highest BCUT2D eigenvalue weighted by Crippen LogP contribution is 2.54. The van der Waals surface area contributed by atoms with Crippen LogP contribution in [0.5, 0.6) is 11.5 Å². The minimum Gasteiger partial charge on any atom is -0.456 e. The van der Waals surface area contributed by atoms with E-state index in [-0.39, 0.29) is 0 Å². The summed E-state index contributed by atoms with van der Waals surface area (Å²) < 4.78 is 6.63. The quantitative estimate of drug-likeness (QED) is 0.221. The van der Waals surface area contributed by atoms with Gasteiger partial charge < -0.3 is 9.64 Å². The van der Waals surface area contributed by atoms with Crippen LogP contribution in [0, 0.1) is 0 Å². The topological polar surface area (TPSA) is 12.5 Å². The van der Waals surface area contributed by atoms with Crippen molar-refractivity contribution in [3.8, 4) is 44.9 Å². The maximum absolute atomic E-state index is 6.63. The van der Waals surface area contributed by atoms with Gasteiger partial charge in [-0.25, -0.2) is 0 Å². The van der Waals surface area contributed by atoms with Gasteiger partial charge in [0.25, 0.3) is 0 Å². The standard InChI is InChI=1S/C40H27NO/c1-3-13-28(14-4-1)29-23-25-32(26-24-29)41(31-16-5-2-6-17-31)36-27-30-15-7-8-18-33(30)39-34-19-9-11-21-37(34)42-38-22-12-10-20-35(38)40(36)39/h1-27H. The van der Waals surface area contributed by atoms with Gasteiger partial charge in [0.1, 0.15) is 11.5 Å². The normalized spacial score (nSPS) is 11.5. The molecule has 2 heteroatoms. The molecule has 1 aliphatic heterocycles. The smallest absolute Gasteiger partial charge is 0.135 e. The number of fused-ring (bicyclic) bond motifs is 7. The molecule has 7 aromatic rings. The van der Waals surface area contributed by atoms with E-state index in [9.17, 15) is 0 Å². The second-order valence-corrected chi connectivity index (χ2v) is 10.5. The van der Waals surface area contributed by atoms with Crippen LogP contribution in [0.3, 0.4) is 0 Å². The Morgan fingerprint density at radius 2 is 0.929 bits per heavy atom. The summed E-state index contributed by atoms with van der Waals surface area (Å²) in [6.07, 6.45) is 0. The van der Waals surface area contributed by atoms with Gasteiger partial charge in [-0.3, -0.25) is 0 Å². The second kappa shape index (κ2) is 10.1. The Morgan fingerprint density at radius 3 is 1.64 bits per heavy atom. The number of hydrogen-bond acceptors (Lipinski definition) is 2. The lowest BCUT2D eigenvalue weighted by Gasteiger charge is -2.30.